The summed E-state index contributed by atoms with van der Waals surface area (Å²) in [5, 5.41) is 22.6. The monoisotopic (exact) mass is 372 g/mol. The largest absolute Gasteiger partial charge is 0.393 e. The molecule has 4 fully saturated rings. The summed E-state index contributed by atoms with van der Waals surface area (Å²) >= 11 is 0. The van der Waals surface area contributed by atoms with Gasteiger partial charge in [0.2, 0.25) is 0 Å². The molecule has 5 aliphatic rings. The van der Waals surface area contributed by atoms with E-state index in [9.17, 15) is 19.8 Å². The van der Waals surface area contributed by atoms with Gasteiger partial charge < -0.3 is 10.2 Å². The summed E-state index contributed by atoms with van der Waals surface area (Å²) in [6.45, 7) is 5.84. The van der Waals surface area contributed by atoms with Gasteiger partial charge in [-0.3, -0.25) is 9.59 Å². The van der Waals surface area contributed by atoms with Gasteiger partial charge in [-0.05, 0) is 87.0 Å². The van der Waals surface area contributed by atoms with Crippen LogP contribution < -0.4 is 0 Å². The van der Waals surface area contributed by atoms with Gasteiger partial charge in [0, 0.05) is 11.3 Å². The molecule has 4 saturated carbocycles. The van der Waals surface area contributed by atoms with E-state index in [1.54, 1.807) is 0 Å². The van der Waals surface area contributed by atoms with E-state index in [4.69, 9.17) is 0 Å². The van der Waals surface area contributed by atoms with Crippen LogP contribution in [0.2, 0.25) is 0 Å². The molecule has 9 atom stereocenters. The second kappa shape index (κ2) is 5.33. The number of Topliss-reactive ketones (excluding diaryl/α,β-unsaturated/α-hetero) is 1. The highest BCUT2D eigenvalue weighted by molar-refractivity contribution is 5.95. The van der Waals surface area contributed by atoms with E-state index in [2.05, 4.69) is 6.92 Å². The summed E-state index contributed by atoms with van der Waals surface area (Å²) in [4.78, 5) is 24.8. The average Bonchev–Trinajstić information content (AvgIpc) is 2.80. The van der Waals surface area contributed by atoms with Crippen LogP contribution in [0.1, 0.15) is 65.7 Å². The fourth-order valence-electron chi connectivity index (χ4n) is 8.54. The molecular formula is C23H32O4. The number of ketones is 2. The Balaban J connectivity index is 1.58. The number of aliphatic hydroxyl groups excluding tert-OH is 1. The fraction of sp³-hybridized carbons (Fsp3) is 0.826. The first-order valence-electron chi connectivity index (χ1n) is 10.8. The lowest BCUT2D eigenvalue weighted by molar-refractivity contribution is -0.190. The maximum atomic E-state index is 12.5. The summed E-state index contributed by atoms with van der Waals surface area (Å²) in [5.41, 5.74) is -0.683. The van der Waals surface area contributed by atoms with E-state index in [-0.39, 0.29) is 29.0 Å². The minimum Gasteiger partial charge on any atom is -0.393 e. The van der Waals surface area contributed by atoms with Crippen LogP contribution in [0.4, 0.5) is 0 Å². The summed E-state index contributed by atoms with van der Waals surface area (Å²) in [6.07, 6.45) is 7.21. The molecule has 0 saturated heterocycles. The lowest BCUT2D eigenvalue weighted by atomic mass is 9.40. The molecule has 27 heavy (non-hydrogen) atoms. The third kappa shape index (κ3) is 1.92. The van der Waals surface area contributed by atoms with Crippen LogP contribution in [0.25, 0.3) is 0 Å². The van der Waals surface area contributed by atoms with Crippen molar-refractivity contribution in [3.8, 4) is 0 Å². The second-order valence-electron chi connectivity index (χ2n) is 10.6. The van der Waals surface area contributed by atoms with Crippen molar-refractivity contribution in [2.24, 2.45) is 40.4 Å². The van der Waals surface area contributed by atoms with Crippen molar-refractivity contribution in [1.82, 2.24) is 0 Å². The quantitative estimate of drug-likeness (QED) is 0.742. The van der Waals surface area contributed by atoms with Gasteiger partial charge in [-0.2, -0.15) is 0 Å². The molecule has 0 aromatic carbocycles. The van der Waals surface area contributed by atoms with E-state index >= 15 is 0 Å². The summed E-state index contributed by atoms with van der Waals surface area (Å²) in [7, 11) is 0. The fourth-order valence-corrected chi connectivity index (χ4v) is 8.54. The summed E-state index contributed by atoms with van der Waals surface area (Å²) in [5.74, 6) is 1.41. The first kappa shape index (κ1) is 18.1. The topological polar surface area (TPSA) is 74.6 Å². The number of fused-ring (bicyclic) bond motifs is 7. The zero-order valence-corrected chi connectivity index (χ0v) is 16.7. The molecule has 0 bridgehead atoms. The first-order valence-corrected chi connectivity index (χ1v) is 10.8. The van der Waals surface area contributed by atoms with Gasteiger partial charge in [0.1, 0.15) is 5.60 Å². The van der Waals surface area contributed by atoms with Crippen LogP contribution in [0.5, 0.6) is 0 Å². The first-order chi connectivity index (χ1) is 12.6. The molecule has 148 valence electrons. The van der Waals surface area contributed by atoms with Gasteiger partial charge in [-0.25, -0.2) is 0 Å². The van der Waals surface area contributed by atoms with Gasteiger partial charge in [-0.15, -0.1) is 0 Å². The Labute approximate surface area is 161 Å². The lowest BCUT2D eigenvalue weighted by Gasteiger charge is -2.65. The Morgan fingerprint density at radius 1 is 1.15 bits per heavy atom. The summed E-state index contributed by atoms with van der Waals surface area (Å²) in [6, 6.07) is 0. The van der Waals surface area contributed by atoms with E-state index in [1.807, 2.05) is 13.0 Å². The highest BCUT2D eigenvalue weighted by Crippen LogP contribution is 2.70. The second-order valence-corrected chi connectivity index (χ2v) is 10.6. The molecule has 0 amide bonds. The van der Waals surface area contributed by atoms with Crippen molar-refractivity contribution >= 4 is 11.6 Å². The van der Waals surface area contributed by atoms with Crippen molar-refractivity contribution in [3.05, 3.63) is 11.6 Å². The van der Waals surface area contributed by atoms with Crippen molar-refractivity contribution in [2.45, 2.75) is 77.4 Å². The Bertz CT molecular complexity index is 755. The SMILES string of the molecule is CC(=O)[C@@]1(O)CCC2C3CCC4=CC(=O)[C@H]5CCC5C4(C)C3C(O)CC21C. The van der Waals surface area contributed by atoms with Crippen LogP contribution in [-0.4, -0.2) is 33.5 Å². The van der Waals surface area contributed by atoms with Gasteiger partial charge in [0.15, 0.2) is 11.6 Å². The van der Waals surface area contributed by atoms with Gasteiger partial charge in [-0.1, -0.05) is 19.4 Å². The molecule has 0 aliphatic heterocycles. The van der Waals surface area contributed by atoms with Crippen LogP contribution in [-0.2, 0) is 9.59 Å². The third-order valence-corrected chi connectivity index (χ3v) is 10.0. The minimum absolute atomic E-state index is 0.0998. The number of carbonyl (C=O) groups is 2. The highest BCUT2D eigenvalue weighted by Gasteiger charge is 2.69. The predicted molar refractivity (Wildman–Crippen MR) is 101 cm³/mol. The minimum atomic E-state index is -1.30. The van der Waals surface area contributed by atoms with E-state index in [1.165, 1.54) is 12.5 Å². The smallest absolute Gasteiger partial charge is 0.161 e. The zero-order chi connectivity index (χ0) is 19.4. The molecular weight excluding hydrogens is 340 g/mol. The van der Waals surface area contributed by atoms with E-state index in [0.29, 0.717) is 30.5 Å². The number of carbonyl (C=O) groups excluding carboxylic acids is 2. The van der Waals surface area contributed by atoms with Crippen LogP contribution in [0.3, 0.4) is 0 Å². The molecule has 4 nitrogen and oxygen atoms in total. The highest BCUT2D eigenvalue weighted by atomic mass is 16.3. The number of allylic oxidation sites excluding steroid dienone is 1. The molecule has 0 spiro atoms. The molecule has 2 N–H and O–H groups in total. The molecule has 0 aromatic rings. The van der Waals surface area contributed by atoms with Crippen LogP contribution in [0.15, 0.2) is 11.6 Å². The Morgan fingerprint density at radius 3 is 2.52 bits per heavy atom. The molecule has 0 radical (unpaired) electrons. The van der Waals surface area contributed by atoms with E-state index < -0.39 is 17.1 Å². The number of aliphatic hydroxyl groups is 2. The number of hydrogen-bond donors (Lipinski definition) is 2. The van der Waals surface area contributed by atoms with Gasteiger partial charge in [0.05, 0.1) is 6.10 Å². The number of rotatable bonds is 1. The molecule has 4 heteroatoms. The normalized spacial score (nSPS) is 56.2. The standard InChI is InChI=1S/C23H32O4/c1-12(24)23(27)9-8-16-15-5-4-13-10-18(25)14-6-7-17(14)22(13,3)20(15)19(26)11-21(16,23)2/h10,14-17,19-20,26-27H,4-9,11H2,1-3H3/t14-,15?,16?,17?,19?,20?,21?,22?,23-/m0/s1. The van der Waals surface area contributed by atoms with Gasteiger partial charge >= 0.3 is 0 Å². The maximum absolute atomic E-state index is 12.5. The van der Waals surface area contributed by atoms with Gasteiger partial charge in [0.25, 0.3) is 0 Å². The Morgan fingerprint density at radius 2 is 1.89 bits per heavy atom. The Hall–Kier alpha value is -1.00. The van der Waals surface area contributed by atoms with Crippen LogP contribution >= 0.6 is 0 Å². The average molecular weight is 373 g/mol. The molecule has 0 heterocycles. The van der Waals surface area contributed by atoms with Crippen molar-refractivity contribution in [3.63, 3.8) is 0 Å². The van der Waals surface area contributed by atoms with Crippen LogP contribution in [0, 0.1) is 40.4 Å². The van der Waals surface area contributed by atoms with Crippen molar-refractivity contribution < 1.29 is 19.8 Å². The zero-order valence-electron chi connectivity index (χ0n) is 16.7. The molecule has 5 rings (SSSR count). The van der Waals surface area contributed by atoms with Crippen molar-refractivity contribution in [2.75, 3.05) is 0 Å². The van der Waals surface area contributed by atoms with Crippen molar-refractivity contribution in [1.29, 1.82) is 0 Å². The molecule has 7 unspecified atom stereocenters. The third-order valence-electron chi connectivity index (χ3n) is 10.0. The predicted octanol–water partition coefficient (Wildman–Crippen LogP) is 3.06. The lowest BCUT2D eigenvalue weighted by Crippen LogP contribution is -2.64. The molecule has 0 aromatic heterocycles. The summed E-state index contributed by atoms with van der Waals surface area (Å²) < 4.78 is 0. The maximum Gasteiger partial charge on any atom is 0.161 e. The Kier molecular flexibility index (Phi) is 3.56. The molecule has 5 aliphatic carbocycles. The number of hydrogen-bond acceptors (Lipinski definition) is 4. The van der Waals surface area contributed by atoms with E-state index in [0.717, 1.165) is 32.1 Å².